The molecule has 0 saturated heterocycles. The van der Waals surface area contributed by atoms with E-state index in [1.807, 2.05) is 6.92 Å². The number of hydrogen-bond donors (Lipinski definition) is 1. The van der Waals surface area contributed by atoms with Gasteiger partial charge in [0, 0.05) is 6.54 Å². The van der Waals surface area contributed by atoms with Crippen LogP contribution < -0.4 is 5.48 Å². The van der Waals surface area contributed by atoms with Crippen molar-refractivity contribution in [2.45, 2.75) is 33.8 Å². The van der Waals surface area contributed by atoms with Gasteiger partial charge in [-0.05, 0) is 12.8 Å². The average Bonchev–Trinajstić information content (AvgIpc) is 1.82. The predicted octanol–water partition coefficient (Wildman–Crippen LogP) is 1.57. The molecule has 2 nitrogen and oxygen atoms in total. The largest absolute Gasteiger partial charge is 0.299 e. The summed E-state index contributed by atoms with van der Waals surface area (Å²) in [7, 11) is 0. The van der Waals surface area contributed by atoms with Crippen LogP contribution in [0.2, 0.25) is 0 Å². The van der Waals surface area contributed by atoms with Crippen LogP contribution in [-0.4, -0.2) is 12.6 Å². The molecule has 1 atom stereocenters. The first kappa shape index (κ1) is 8.92. The Kier molecular flexibility index (Phi) is 4.72. The highest BCUT2D eigenvalue weighted by Gasteiger charge is 2.05. The molecule has 0 bridgehead atoms. The zero-order chi connectivity index (χ0) is 7.28. The van der Waals surface area contributed by atoms with Crippen LogP contribution in [0.15, 0.2) is 0 Å². The normalized spacial score (nSPS) is 14.3. The maximum Gasteiger partial charge on any atom is 0.0785 e. The van der Waals surface area contributed by atoms with Gasteiger partial charge in [0.2, 0.25) is 0 Å². The lowest BCUT2D eigenvalue weighted by Gasteiger charge is -2.15. The summed E-state index contributed by atoms with van der Waals surface area (Å²) in [4.78, 5) is 5.20. The molecule has 0 spiro atoms. The molecule has 0 heterocycles. The molecule has 9 heavy (non-hydrogen) atoms. The molecular weight excluding hydrogens is 114 g/mol. The molecule has 0 radical (unpaired) electrons. The molecule has 1 unspecified atom stereocenters. The molecule has 0 amide bonds. The van der Waals surface area contributed by atoms with Crippen LogP contribution >= 0.6 is 0 Å². The van der Waals surface area contributed by atoms with E-state index < -0.39 is 0 Å². The molecule has 0 aliphatic heterocycles. The monoisotopic (exact) mass is 131 g/mol. The minimum atomic E-state index is 0.310. The highest BCUT2D eigenvalue weighted by molar-refractivity contribution is 4.52. The molecule has 0 aliphatic carbocycles. The summed E-state index contributed by atoms with van der Waals surface area (Å²) in [6.45, 7) is 9.24. The van der Waals surface area contributed by atoms with E-state index in [1.165, 1.54) is 0 Å². The van der Waals surface area contributed by atoms with Crippen LogP contribution in [0.1, 0.15) is 27.7 Å². The predicted molar refractivity (Wildman–Crippen MR) is 39.1 cm³/mol. The second kappa shape index (κ2) is 4.77. The molecule has 56 valence electrons. The van der Waals surface area contributed by atoms with Crippen LogP contribution in [-0.2, 0) is 4.84 Å². The number of rotatable bonds is 4. The fourth-order valence-corrected chi connectivity index (χ4v) is 0.351. The SMILES string of the molecule is CCNOC(C)C(C)C. The van der Waals surface area contributed by atoms with Crippen molar-refractivity contribution in [2.75, 3.05) is 6.54 Å². The molecule has 0 aromatic heterocycles. The first-order chi connectivity index (χ1) is 4.18. The number of hydrogen-bond acceptors (Lipinski definition) is 2. The van der Waals surface area contributed by atoms with Gasteiger partial charge in [-0.1, -0.05) is 20.8 Å². The Balaban J connectivity index is 3.16. The minimum Gasteiger partial charge on any atom is -0.299 e. The maximum absolute atomic E-state index is 5.20. The first-order valence-electron chi connectivity index (χ1n) is 3.57. The van der Waals surface area contributed by atoms with Gasteiger partial charge < -0.3 is 0 Å². The Hall–Kier alpha value is -0.0800. The average molecular weight is 131 g/mol. The number of hydroxylamine groups is 1. The van der Waals surface area contributed by atoms with Crippen molar-refractivity contribution in [1.29, 1.82) is 0 Å². The first-order valence-corrected chi connectivity index (χ1v) is 3.57. The van der Waals surface area contributed by atoms with Crippen LogP contribution in [0.3, 0.4) is 0 Å². The van der Waals surface area contributed by atoms with E-state index in [-0.39, 0.29) is 0 Å². The molecule has 1 N–H and O–H groups in total. The molecule has 0 aromatic carbocycles. The van der Waals surface area contributed by atoms with Gasteiger partial charge in [0.25, 0.3) is 0 Å². The Labute approximate surface area is 57.5 Å². The molecule has 0 aliphatic rings. The second-order valence-corrected chi connectivity index (χ2v) is 2.56. The maximum atomic E-state index is 5.20. The van der Waals surface area contributed by atoms with Crippen molar-refractivity contribution in [3.05, 3.63) is 0 Å². The van der Waals surface area contributed by atoms with Crippen molar-refractivity contribution in [2.24, 2.45) is 5.92 Å². The van der Waals surface area contributed by atoms with Crippen molar-refractivity contribution in [1.82, 2.24) is 5.48 Å². The van der Waals surface area contributed by atoms with Gasteiger partial charge in [-0.2, -0.15) is 0 Å². The summed E-state index contributed by atoms with van der Waals surface area (Å²) < 4.78 is 0. The summed E-state index contributed by atoms with van der Waals surface area (Å²) >= 11 is 0. The van der Waals surface area contributed by atoms with E-state index in [1.54, 1.807) is 0 Å². The third-order valence-corrected chi connectivity index (χ3v) is 1.35. The van der Waals surface area contributed by atoms with E-state index in [0.29, 0.717) is 12.0 Å². The third-order valence-electron chi connectivity index (χ3n) is 1.35. The van der Waals surface area contributed by atoms with Crippen LogP contribution in [0.4, 0.5) is 0 Å². The van der Waals surface area contributed by atoms with Crippen LogP contribution in [0.5, 0.6) is 0 Å². The summed E-state index contributed by atoms with van der Waals surface area (Å²) in [6.07, 6.45) is 0.310. The molecule has 0 rings (SSSR count). The quantitative estimate of drug-likeness (QED) is 0.585. The molecule has 2 heteroatoms. The fourth-order valence-electron chi connectivity index (χ4n) is 0.351. The summed E-state index contributed by atoms with van der Waals surface area (Å²) in [5.74, 6) is 0.587. The molecular formula is C7H17NO. The third kappa shape index (κ3) is 4.43. The van der Waals surface area contributed by atoms with Gasteiger partial charge in [0.05, 0.1) is 6.10 Å². The molecule has 0 aromatic rings. The Bertz CT molecular complexity index is 63.9. The Morgan fingerprint density at radius 2 is 1.89 bits per heavy atom. The molecule has 0 saturated carbocycles. The van der Waals surface area contributed by atoms with Crippen LogP contribution in [0, 0.1) is 5.92 Å². The lowest BCUT2D eigenvalue weighted by Crippen LogP contribution is -2.25. The summed E-state index contributed by atoms with van der Waals surface area (Å²) in [6, 6.07) is 0. The zero-order valence-electron chi connectivity index (χ0n) is 6.77. The van der Waals surface area contributed by atoms with E-state index in [2.05, 4.69) is 26.3 Å². The van der Waals surface area contributed by atoms with Crippen molar-refractivity contribution < 1.29 is 4.84 Å². The lowest BCUT2D eigenvalue weighted by molar-refractivity contribution is -0.0349. The van der Waals surface area contributed by atoms with E-state index >= 15 is 0 Å². The van der Waals surface area contributed by atoms with E-state index in [4.69, 9.17) is 4.84 Å². The van der Waals surface area contributed by atoms with Gasteiger partial charge in [-0.15, -0.1) is 0 Å². The lowest BCUT2D eigenvalue weighted by atomic mass is 10.1. The number of nitrogens with one attached hydrogen (secondary N) is 1. The van der Waals surface area contributed by atoms with Crippen molar-refractivity contribution >= 4 is 0 Å². The second-order valence-electron chi connectivity index (χ2n) is 2.56. The van der Waals surface area contributed by atoms with E-state index in [9.17, 15) is 0 Å². The van der Waals surface area contributed by atoms with Gasteiger partial charge >= 0.3 is 0 Å². The van der Waals surface area contributed by atoms with Crippen molar-refractivity contribution in [3.63, 3.8) is 0 Å². The minimum absolute atomic E-state index is 0.310. The smallest absolute Gasteiger partial charge is 0.0785 e. The topological polar surface area (TPSA) is 21.3 Å². The standard InChI is InChI=1S/C7H17NO/c1-5-8-9-7(4)6(2)3/h6-8H,5H2,1-4H3. The van der Waals surface area contributed by atoms with Crippen molar-refractivity contribution in [3.8, 4) is 0 Å². The van der Waals surface area contributed by atoms with Gasteiger partial charge in [0.1, 0.15) is 0 Å². The highest BCUT2D eigenvalue weighted by atomic mass is 16.7. The summed E-state index contributed by atoms with van der Waals surface area (Å²) in [5.41, 5.74) is 2.83. The Morgan fingerprint density at radius 3 is 2.22 bits per heavy atom. The molecule has 0 fully saturated rings. The summed E-state index contributed by atoms with van der Waals surface area (Å²) in [5, 5.41) is 0. The van der Waals surface area contributed by atoms with Gasteiger partial charge in [0.15, 0.2) is 0 Å². The van der Waals surface area contributed by atoms with Gasteiger partial charge in [-0.25, -0.2) is 5.48 Å². The fraction of sp³-hybridized carbons (Fsp3) is 1.00. The van der Waals surface area contributed by atoms with E-state index in [0.717, 1.165) is 6.54 Å². The zero-order valence-corrected chi connectivity index (χ0v) is 6.77. The van der Waals surface area contributed by atoms with Crippen LogP contribution in [0.25, 0.3) is 0 Å². The highest BCUT2D eigenvalue weighted by Crippen LogP contribution is 2.02. The Morgan fingerprint density at radius 1 is 1.33 bits per heavy atom. The van der Waals surface area contributed by atoms with Gasteiger partial charge in [-0.3, -0.25) is 4.84 Å².